The molecular weight excluding hydrogens is 304 g/mol. The maximum absolute atomic E-state index is 12.5. The summed E-state index contributed by atoms with van der Waals surface area (Å²) in [6.45, 7) is 0. The minimum absolute atomic E-state index is 0.0380. The summed E-state index contributed by atoms with van der Waals surface area (Å²) in [4.78, 5) is 12.5. The maximum Gasteiger partial charge on any atom is 0.239 e. The molecule has 1 heterocycles. The Balaban J connectivity index is 2.42. The van der Waals surface area contributed by atoms with E-state index < -0.39 is 22.7 Å². The summed E-state index contributed by atoms with van der Waals surface area (Å²) in [5.74, 6) is -2.30. The highest BCUT2D eigenvalue weighted by Crippen LogP contribution is 2.42. The van der Waals surface area contributed by atoms with Gasteiger partial charge in [0.2, 0.25) is 16.9 Å². The first-order valence-electron chi connectivity index (χ1n) is 6.52. The first-order chi connectivity index (χ1) is 10.9. The lowest BCUT2D eigenvalue weighted by molar-refractivity contribution is 0.368. The summed E-state index contributed by atoms with van der Waals surface area (Å²) in [5, 5.41) is 38.1. The fourth-order valence-corrected chi connectivity index (χ4v) is 2.28. The van der Waals surface area contributed by atoms with Crippen molar-refractivity contribution in [3.63, 3.8) is 0 Å². The Hall–Kier alpha value is -3.35. The molecule has 2 aromatic carbocycles. The van der Waals surface area contributed by atoms with Gasteiger partial charge in [0.05, 0.1) is 7.11 Å². The molecule has 0 bridgehead atoms. The standard InChI is InChI=1S/C16H12O7/c1-22-16-14(21)11-10(6-9(18)12(19)13(11)20)23-15(16)7-2-4-8(17)5-3-7/h2-6,17-20H,1H3. The SMILES string of the molecule is COc1c(-c2ccc(O)cc2)oc2cc(O)c(O)c(O)c2c1=O. The zero-order valence-corrected chi connectivity index (χ0v) is 11.9. The molecule has 0 fully saturated rings. The lowest BCUT2D eigenvalue weighted by Gasteiger charge is -2.11. The number of phenols is 4. The summed E-state index contributed by atoms with van der Waals surface area (Å²) in [6, 6.07) is 6.87. The number of benzene rings is 2. The smallest absolute Gasteiger partial charge is 0.239 e. The van der Waals surface area contributed by atoms with E-state index in [1.165, 1.54) is 31.4 Å². The van der Waals surface area contributed by atoms with Crippen LogP contribution in [0.3, 0.4) is 0 Å². The van der Waals surface area contributed by atoms with Crippen LogP contribution < -0.4 is 10.2 Å². The molecule has 3 rings (SSSR count). The molecule has 0 saturated heterocycles. The van der Waals surface area contributed by atoms with Crippen molar-refractivity contribution in [3.8, 4) is 40.1 Å². The molecule has 0 unspecified atom stereocenters. The minimum atomic E-state index is -0.816. The van der Waals surface area contributed by atoms with E-state index in [1.807, 2.05) is 0 Å². The van der Waals surface area contributed by atoms with Crippen molar-refractivity contribution in [1.29, 1.82) is 0 Å². The molecule has 0 aliphatic carbocycles. The summed E-state index contributed by atoms with van der Waals surface area (Å²) >= 11 is 0. The van der Waals surface area contributed by atoms with Gasteiger partial charge >= 0.3 is 0 Å². The molecule has 1 aromatic heterocycles. The van der Waals surface area contributed by atoms with Crippen molar-refractivity contribution < 1.29 is 29.6 Å². The highest BCUT2D eigenvalue weighted by atomic mass is 16.5. The van der Waals surface area contributed by atoms with Crippen LogP contribution in [0.4, 0.5) is 0 Å². The van der Waals surface area contributed by atoms with E-state index in [4.69, 9.17) is 9.15 Å². The third kappa shape index (κ3) is 2.18. The zero-order chi connectivity index (χ0) is 16.7. The molecule has 23 heavy (non-hydrogen) atoms. The molecule has 0 radical (unpaired) electrons. The van der Waals surface area contributed by atoms with E-state index in [1.54, 1.807) is 0 Å². The van der Waals surface area contributed by atoms with Crippen LogP contribution in [-0.4, -0.2) is 27.5 Å². The van der Waals surface area contributed by atoms with Gasteiger partial charge in [-0.1, -0.05) is 0 Å². The second-order valence-electron chi connectivity index (χ2n) is 4.81. The predicted octanol–water partition coefficient (Wildman–Crippen LogP) is 2.29. The number of phenolic OH excluding ortho intramolecular Hbond substituents is 4. The Labute approximate surface area is 129 Å². The van der Waals surface area contributed by atoms with E-state index in [0.717, 1.165) is 6.07 Å². The number of rotatable bonds is 2. The normalized spacial score (nSPS) is 10.8. The van der Waals surface area contributed by atoms with E-state index >= 15 is 0 Å². The van der Waals surface area contributed by atoms with Crippen LogP contribution in [-0.2, 0) is 0 Å². The minimum Gasteiger partial charge on any atom is -0.508 e. The monoisotopic (exact) mass is 316 g/mol. The molecule has 7 nitrogen and oxygen atoms in total. The summed E-state index contributed by atoms with van der Waals surface area (Å²) < 4.78 is 10.6. The third-order valence-corrected chi connectivity index (χ3v) is 3.40. The van der Waals surface area contributed by atoms with Crippen LogP contribution in [0.2, 0.25) is 0 Å². The highest BCUT2D eigenvalue weighted by Gasteiger charge is 2.22. The largest absolute Gasteiger partial charge is 0.508 e. The van der Waals surface area contributed by atoms with Crippen LogP contribution in [0.15, 0.2) is 39.5 Å². The lowest BCUT2D eigenvalue weighted by Crippen LogP contribution is -2.07. The average molecular weight is 316 g/mol. The Kier molecular flexibility index (Phi) is 3.25. The van der Waals surface area contributed by atoms with Gasteiger partial charge in [-0.25, -0.2) is 0 Å². The number of hydrogen-bond acceptors (Lipinski definition) is 7. The van der Waals surface area contributed by atoms with Crippen molar-refractivity contribution in [2.24, 2.45) is 0 Å². The first kappa shape index (κ1) is 14.6. The van der Waals surface area contributed by atoms with Crippen molar-refractivity contribution >= 4 is 11.0 Å². The van der Waals surface area contributed by atoms with Gasteiger partial charge in [-0.3, -0.25) is 4.79 Å². The number of aromatic hydroxyl groups is 4. The van der Waals surface area contributed by atoms with Gasteiger partial charge in [0.15, 0.2) is 17.3 Å². The van der Waals surface area contributed by atoms with Gasteiger partial charge in [0.25, 0.3) is 0 Å². The lowest BCUT2D eigenvalue weighted by atomic mass is 10.1. The molecule has 0 saturated carbocycles. The van der Waals surface area contributed by atoms with Crippen molar-refractivity contribution in [2.75, 3.05) is 7.11 Å². The summed E-state index contributed by atoms with van der Waals surface area (Å²) in [6.07, 6.45) is 0. The van der Waals surface area contributed by atoms with Crippen molar-refractivity contribution in [3.05, 3.63) is 40.6 Å². The van der Waals surface area contributed by atoms with Crippen molar-refractivity contribution in [1.82, 2.24) is 0 Å². The third-order valence-electron chi connectivity index (χ3n) is 3.40. The Morgan fingerprint density at radius 2 is 1.65 bits per heavy atom. The highest BCUT2D eigenvalue weighted by molar-refractivity contribution is 5.91. The number of fused-ring (bicyclic) bond motifs is 1. The summed E-state index contributed by atoms with van der Waals surface area (Å²) in [5.41, 5.74) is -0.373. The van der Waals surface area contributed by atoms with E-state index in [-0.39, 0.29) is 28.2 Å². The van der Waals surface area contributed by atoms with Gasteiger partial charge in [-0.15, -0.1) is 0 Å². The number of ether oxygens (including phenoxy) is 1. The Bertz CT molecular complexity index is 955. The molecule has 0 aliphatic heterocycles. The van der Waals surface area contributed by atoms with Gasteiger partial charge < -0.3 is 29.6 Å². The van der Waals surface area contributed by atoms with Gasteiger partial charge in [0, 0.05) is 11.6 Å². The number of hydrogen-bond donors (Lipinski definition) is 4. The van der Waals surface area contributed by atoms with Crippen LogP contribution in [0.1, 0.15) is 0 Å². The Morgan fingerprint density at radius 1 is 1.00 bits per heavy atom. The van der Waals surface area contributed by atoms with Crippen molar-refractivity contribution in [2.45, 2.75) is 0 Å². The fraction of sp³-hybridized carbons (Fsp3) is 0.0625. The topological polar surface area (TPSA) is 120 Å². The molecule has 0 spiro atoms. The van der Waals surface area contributed by atoms with Gasteiger partial charge in [0.1, 0.15) is 16.7 Å². The van der Waals surface area contributed by atoms with Crippen LogP contribution in [0.5, 0.6) is 28.7 Å². The number of methoxy groups -OCH3 is 1. The van der Waals surface area contributed by atoms with E-state index in [2.05, 4.69) is 0 Å². The molecular formula is C16H12O7. The molecule has 0 atom stereocenters. The Morgan fingerprint density at radius 3 is 2.26 bits per heavy atom. The second kappa shape index (κ2) is 5.13. The zero-order valence-electron chi connectivity index (χ0n) is 11.9. The molecule has 7 heteroatoms. The van der Waals surface area contributed by atoms with Gasteiger partial charge in [-0.05, 0) is 24.3 Å². The van der Waals surface area contributed by atoms with Crippen LogP contribution in [0.25, 0.3) is 22.3 Å². The molecule has 0 amide bonds. The maximum atomic E-state index is 12.5. The quantitative estimate of drug-likeness (QED) is 0.535. The molecule has 118 valence electrons. The van der Waals surface area contributed by atoms with Gasteiger partial charge in [-0.2, -0.15) is 0 Å². The average Bonchev–Trinajstić information content (AvgIpc) is 2.53. The molecule has 0 aliphatic rings. The summed E-state index contributed by atoms with van der Waals surface area (Å²) in [7, 11) is 1.26. The van der Waals surface area contributed by atoms with E-state index in [9.17, 15) is 25.2 Å². The van der Waals surface area contributed by atoms with E-state index in [0.29, 0.717) is 5.56 Å². The predicted molar refractivity (Wildman–Crippen MR) is 81.1 cm³/mol. The molecule has 4 N–H and O–H groups in total. The molecule has 3 aromatic rings. The van der Waals surface area contributed by atoms with Crippen LogP contribution >= 0.6 is 0 Å². The fourth-order valence-electron chi connectivity index (χ4n) is 2.28. The second-order valence-corrected chi connectivity index (χ2v) is 4.81. The first-order valence-corrected chi connectivity index (χ1v) is 6.52. The van der Waals surface area contributed by atoms with Crippen LogP contribution in [0, 0.1) is 0 Å².